The molecule has 2 aromatic rings. The van der Waals surface area contributed by atoms with Gasteiger partial charge >= 0.3 is 5.97 Å². The molecule has 1 aromatic heterocycles. The van der Waals surface area contributed by atoms with Crippen LogP contribution in [0.1, 0.15) is 16.2 Å². The Morgan fingerprint density at radius 1 is 1.56 bits per heavy atom. The summed E-state index contributed by atoms with van der Waals surface area (Å²) in [6.07, 6.45) is 0. The normalized spacial score (nSPS) is 10.9. The number of fused-ring (bicyclic) bond motifs is 1. The van der Waals surface area contributed by atoms with Crippen LogP contribution in [-0.4, -0.2) is 27.7 Å². The van der Waals surface area contributed by atoms with Crippen LogP contribution in [0.4, 0.5) is 0 Å². The van der Waals surface area contributed by atoms with Crippen LogP contribution in [0, 0.1) is 0 Å². The van der Waals surface area contributed by atoms with E-state index in [4.69, 9.17) is 9.84 Å². The Hall–Kier alpha value is -1.88. The molecule has 5 nitrogen and oxygen atoms in total. The molecule has 0 bridgehead atoms. The molecule has 0 aliphatic rings. The molecule has 84 valence electrons. The van der Waals surface area contributed by atoms with E-state index in [1.165, 1.54) is 0 Å². The number of carboxylic acids is 1. The second-order valence-corrected chi connectivity index (χ2v) is 3.53. The van der Waals surface area contributed by atoms with Gasteiger partial charge in [-0.25, -0.2) is 9.78 Å². The minimum Gasteiger partial charge on any atom is -0.478 e. The van der Waals surface area contributed by atoms with Gasteiger partial charge in [0.25, 0.3) is 0 Å². The molecule has 16 heavy (non-hydrogen) atoms. The van der Waals surface area contributed by atoms with Crippen molar-refractivity contribution in [2.24, 2.45) is 7.05 Å². The maximum atomic E-state index is 10.8. The number of rotatable bonds is 3. The quantitative estimate of drug-likeness (QED) is 0.849. The zero-order valence-corrected chi connectivity index (χ0v) is 9.10. The molecule has 0 saturated carbocycles. The Labute approximate surface area is 92.3 Å². The molecule has 0 atom stereocenters. The fraction of sp³-hybridized carbons (Fsp3) is 0.273. The Morgan fingerprint density at radius 2 is 2.31 bits per heavy atom. The number of aromatic nitrogens is 2. The molecule has 0 spiro atoms. The number of aryl methyl sites for hydroxylation is 1. The van der Waals surface area contributed by atoms with Crippen LogP contribution in [0.5, 0.6) is 0 Å². The van der Waals surface area contributed by atoms with E-state index >= 15 is 0 Å². The topological polar surface area (TPSA) is 64.3 Å². The lowest BCUT2D eigenvalue weighted by molar-refractivity contribution is 0.0697. The summed E-state index contributed by atoms with van der Waals surface area (Å²) in [7, 11) is 3.48. The summed E-state index contributed by atoms with van der Waals surface area (Å²) in [6, 6.07) is 4.89. The first-order chi connectivity index (χ1) is 7.63. The smallest absolute Gasteiger partial charge is 0.335 e. The second kappa shape index (κ2) is 3.94. The monoisotopic (exact) mass is 220 g/mol. The standard InChI is InChI=1S/C11H12N2O3/c1-13-9-4-3-7(11(14)15)5-8(9)12-10(13)6-16-2/h3-5H,6H2,1-2H3,(H,14,15). The van der Waals surface area contributed by atoms with Crippen molar-refractivity contribution < 1.29 is 14.6 Å². The molecule has 5 heteroatoms. The van der Waals surface area contributed by atoms with Crippen molar-refractivity contribution in [3.05, 3.63) is 29.6 Å². The van der Waals surface area contributed by atoms with Gasteiger partial charge in [0.2, 0.25) is 0 Å². The van der Waals surface area contributed by atoms with Gasteiger partial charge in [0.05, 0.1) is 16.6 Å². The zero-order chi connectivity index (χ0) is 11.7. The van der Waals surface area contributed by atoms with Crippen LogP contribution in [0.2, 0.25) is 0 Å². The van der Waals surface area contributed by atoms with Crippen LogP contribution in [0.3, 0.4) is 0 Å². The summed E-state index contributed by atoms with van der Waals surface area (Å²) in [5, 5.41) is 8.86. The lowest BCUT2D eigenvalue weighted by atomic mass is 10.2. The van der Waals surface area contributed by atoms with Gasteiger partial charge in [0.1, 0.15) is 12.4 Å². The van der Waals surface area contributed by atoms with Crippen molar-refractivity contribution in [3.63, 3.8) is 0 Å². The minimum atomic E-state index is -0.944. The summed E-state index contributed by atoms with van der Waals surface area (Å²) in [5.41, 5.74) is 1.82. The SMILES string of the molecule is COCc1nc2cc(C(=O)O)ccc2n1C. The molecule has 0 radical (unpaired) electrons. The molecule has 1 heterocycles. The van der Waals surface area contributed by atoms with E-state index in [0.717, 1.165) is 11.3 Å². The molecule has 2 rings (SSSR count). The number of nitrogens with zero attached hydrogens (tertiary/aromatic N) is 2. The molecule has 0 amide bonds. The van der Waals surface area contributed by atoms with E-state index in [1.807, 2.05) is 11.6 Å². The number of aromatic carboxylic acids is 1. The minimum absolute atomic E-state index is 0.245. The highest BCUT2D eigenvalue weighted by Crippen LogP contribution is 2.17. The number of benzene rings is 1. The van der Waals surface area contributed by atoms with E-state index in [-0.39, 0.29) is 5.56 Å². The van der Waals surface area contributed by atoms with Gasteiger partial charge in [-0.2, -0.15) is 0 Å². The van der Waals surface area contributed by atoms with Crippen LogP contribution < -0.4 is 0 Å². The molecule has 0 aliphatic heterocycles. The van der Waals surface area contributed by atoms with Crippen molar-refractivity contribution >= 4 is 17.0 Å². The van der Waals surface area contributed by atoms with Crippen LogP contribution in [0.25, 0.3) is 11.0 Å². The fourth-order valence-corrected chi connectivity index (χ4v) is 1.64. The van der Waals surface area contributed by atoms with Crippen molar-refractivity contribution in [2.75, 3.05) is 7.11 Å². The maximum Gasteiger partial charge on any atom is 0.335 e. The first-order valence-corrected chi connectivity index (χ1v) is 4.81. The van der Waals surface area contributed by atoms with Gasteiger partial charge < -0.3 is 14.4 Å². The highest BCUT2D eigenvalue weighted by atomic mass is 16.5. The Balaban J connectivity index is 2.58. The third-order valence-electron chi connectivity index (χ3n) is 2.49. The fourth-order valence-electron chi connectivity index (χ4n) is 1.64. The number of imidazole rings is 1. The number of ether oxygens (including phenoxy) is 1. The molecule has 0 saturated heterocycles. The van der Waals surface area contributed by atoms with E-state index in [2.05, 4.69) is 4.98 Å². The summed E-state index contributed by atoms with van der Waals surface area (Å²) in [5.74, 6) is -0.166. The average molecular weight is 220 g/mol. The van der Waals surface area contributed by atoms with Crippen molar-refractivity contribution in [1.29, 1.82) is 0 Å². The van der Waals surface area contributed by atoms with Crippen molar-refractivity contribution in [1.82, 2.24) is 9.55 Å². The highest BCUT2D eigenvalue weighted by molar-refractivity contribution is 5.92. The van der Waals surface area contributed by atoms with E-state index < -0.39 is 5.97 Å². The Kier molecular flexibility index (Phi) is 2.62. The van der Waals surface area contributed by atoms with E-state index in [9.17, 15) is 4.79 Å². The molecule has 0 fully saturated rings. The van der Waals surface area contributed by atoms with Gasteiger partial charge in [-0.15, -0.1) is 0 Å². The van der Waals surface area contributed by atoms with Gasteiger partial charge in [-0.1, -0.05) is 0 Å². The molecular weight excluding hydrogens is 208 g/mol. The summed E-state index contributed by atoms with van der Waals surface area (Å²) < 4.78 is 6.91. The third-order valence-corrected chi connectivity index (χ3v) is 2.49. The lowest BCUT2D eigenvalue weighted by Crippen LogP contribution is -1.98. The number of hydrogen-bond acceptors (Lipinski definition) is 3. The molecular formula is C11H12N2O3. The summed E-state index contributed by atoms with van der Waals surface area (Å²) in [4.78, 5) is 15.1. The van der Waals surface area contributed by atoms with Crippen molar-refractivity contribution in [3.8, 4) is 0 Å². The van der Waals surface area contributed by atoms with Gasteiger partial charge in [-0.05, 0) is 18.2 Å². The van der Waals surface area contributed by atoms with E-state index in [1.54, 1.807) is 25.3 Å². The van der Waals surface area contributed by atoms with E-state index in [0.29, 0.717) is 12.1 Å². The van der Waals surface area contributed by atoms with Crippen molar-refractivity contribution in [2.45, 2.75) is 6.61 Å². The predicted molar refractivity (Wildman–Crippen MR) is 58.4 cm³/mol. The van der Waals surface area contributed by atoms with Gasteiger partial charge in [-0.3, -0.25) is 0 Å². The third kappa shape index (κ3) is 1.65. The second-order valence-electron chi connectivity index (χ2n) is 3.53. The van der Waals surface area contributed by atoms with Crippen LogP contribution >= 0.6 is 0 Å². The predicted octanol–water partition coefficient (Wildman–Crippen LogP) is 1.42. The largest absolute Gasteiger partial charge is 0.478 e. The lowest BCUT2D eigenvalue weighted by Gasteiger charge is -2.00. The molecule has 0 unspecified atom stereocenters. The Bertz CT molecular complexity index is 545. The molecule has 0 aliphatic carbocycles. The summed E-state index contributed by atoms with van der Waals surface area (Å²) >= 11 is 0. The maximum absolute atomic E-state index is 10.8. The number of carboxylic acid groups (broad SMARTS) is 1. The number of methoxy groups -OCH3 is 1. The van der Waals surface area contributed by atoms with Gasteiger partial charge in [0.15, 0.2) is 0 Å². The number of carbonyl (C=O) groups is 1. The van der Waals surface area contributed by atoms with Crippen LogP contribution in [0.15, 0.2) is 18.2 Å². The molecule has 1 N–H and O–H groups in total. The average Bonchev–Trinajstić information content (AvgIpc) is 2.56. The summed E-state index contributed by atoms with van der Waals surface area (Å²) in [6.45, 7) is 0.410. The first kappa shape index (κ1) is 10.6. The van der Waals surface area contributed by atoms with Gasteiger partial charge in [0, 0.05) is 14.2 Å². The van der Waals surface area contributed by atoms with Crippen LogP contribution in [-0.2, 0) is 18.4 Å². The highest BCUT2D eigenvalue weighted by Gasteiger charge is 2.10. The number of hydrogen-bond donors (Lipinski definition) is 1. The zero-order valence-electron chi connectivity index (χ0n) is 9.10. The first-order valence-electron chi connectivity index (χ1n) is 4.81. The Morgan fingerprint density at radius 3 is 2.94 bits per heavy atom. The molecule has 1 aromatic carbocycles.